The zero-order chi connectivity index (χ0) is 38.4. The molecule has 12 nitrogen and oxygen atoms in total. The van der Waals surface area contributed by atoms with E-state index >= 15 is 0 Å². The van der Waals surface area contributed by atoms with Crippen molar-refractivity contribution < 1.29 is 28.5 Å². The van der Waals surface area contributed by atoms with E-state index in [0.29, 0.717) is 45.9 Å². The second-order valence-corrected chi connectivity index (χ2v) is 15.6. The number of hydrogen-bond donors (Lipinski definition) is 0. The fourth-order valence-corrected chi connectivity index (χ4v) is 7.52. The van der Waals surface area contributed by atoms with E-state index in [9.17, 15) is 9.59 Å². The Kier molecular flexibility index (Phi) is 11.8. The molecule has 2 saturated heterocycles. The lowest BCUT2D eigenvalue weighted by Gasteiger charge is -2.38. The summed E-state index contributed by atoms with van der Waals surface area (Å²) in [7, 11) is 0. The van der Waals surface area contributed by atoms with Crippen LogP contribution in [0.2, 0.25) is 0 Å². The number of fused-ring (bicyclic) bond motifs is 2. The van der Waals surface area contributed by atoms with Gasteiger partial charge in [0.25, 0.3) is 0 Å². The Hall–Kier alpha value is -5.26. The lowest BCUT2D eigenvalue weighted by Crippen LogP contribution is -2.49. The smallest absolute Gasteiger partial charge is 0.410 e. The topological polar surface area (TPSA) is 110 Å². The number of carbonyl (C=O) groups is 2. The van der Waals surface area contributed by atoms with Gasteiger partial charge in [-0.3, -0.25) is 0 Å². The van der Waals surface area contributed by atoms with Gasteiger partial charge < -0.3 is 38.5 Å². The number of carbonyl (C=O) groups excluding carboxylic acids is 2. The fourth-order valence-electron chi connectivity index (χ4n) is 7.52. The summed E-state index contributed by atoms with van der Waals surface area (Å²) in [4.78, 5) is 44.3. The zero-order valence-corrected chi connectivity index (χ0v) is 32.7. The first-order valence-electron chi connectivity index (χ1n) is 19.8. The number of ether oxygens (including phenoxy) is 4. The van der Waals surface area contributed by atoms with Crippen LogP contribution >= 0.6 is 0 Å². The Morgan fingerprint density at radius 3 is 2.42 bits per heavy atom. The van der Waals surface area contributed by atoms with Gasteiger partial charge in [0.2, 0.25) is 0 Å². The molecular formula is C43H54N6O6. The zero-order valence-electron chi connectivity index (χ0n) is 32.7. The molecule has 7 rings (SSSR count). The van der Waals surface area contributed by atoms with Gasteiger partial charge in [0.15, 0.2) is 0 Å². The molecule has 1 aromatic heterocycles. The number of amides is 2. The minimum absolute atomic E-state index is 0.137. The molecule has 3 aliphatic rings. The summed E-state index contributed by atoms with van der Waals surface area (Å²) >= 11 is 0. The molecule has 3 aromatic carbocycles. The van der Waals surface area contributed by atoms with E-state index in [-0.39, 0.29) is 37.5 Å². The van der Waals surface area contributed by atoms with Gasteiger partial charge in [-0.2, -0.15) is 9.97 Å². The van der Waals surface area contributed by atoms with E-state index in [0.717, 1.165) is 78.1 Å². The Labute approximate surface area is 324 Å². The summed E-state index contributed by atoms with van der Waals surface area (Å²) in [6.45, 7) is 13.2. The number of anilines is 2. The summed E-state index contributed by atoms with van der Waals surface area (Å²) in [6.07, 6.45) is 3.88. The summed E-state index contributed by atoms with van der Waals surface area (Å²) in [6, 6.07) is 22.6. The van der Waals surface area contributed by atoms with Crippen LogP contribution in [0, 0.1) is 0 Å². The lowest BCUT2D eigenvalue weighted by atomic mass is 10.0. The van der Waals surface area contributed by atoms with E-state index in [2.05, 4.69) is 53.1 Å². The van der Waals surface area contributed by atoms with Crippen LogP contribution in [-0.4, -0.2) is 96.1 Å². The van der Waals surface area contributed by atoms with Crippen LogP contribution in [0.25, 0.3) is 10.8 Å². The van der Waals surface area contributed by atoms with Crippen LogP contribution in [0.1, 0.15) is 70.2 Å². The van der Waals surface area contributed by atoms with Gasteiger partial charge in [0.05, 0.1) is 24.9 Å². The minimum Gasteiger partial charge on any atom is -0.493 e. The van der Waals surface area contributed by atoms with E-state index in [4.69, 9.17) is 28.9 Å². The van der Waals surface area contributed by atoms with Crippen LogP contribution < -0.4 is 19.3 Å². The minimum atomic E-state index is -0.581. The Balaban J connectivity index is 1.12. The molecule has 0 unspecified atom stereocenters. The molecule has 0 bridgehead atoms. The predicted octanol–water partition coefficient (Wildman–Crippen LogP) is 7.61. The van der Waals surface area contributed by atoms with Gasteiger partial charge in [0, 0.05) is 62.0 Å². The SMILES string of the molecule is CCCCOc1cc(N2CCc3c(nc(OC[C@@H]4CCCN4C(=O)OC(C)(C)C)nc3N3CCN(C(=O)OCc4ccccc4)CC3)C2)c2ccccc2c1. The summed E-state index contributed by atoms with van der Waals surface area (Å²) in [5.41, 5.74) is 3.49. The average molecular weight is 751 g/mol. The maximum absolute atomic E-state index is 13.0. The Morgan fingerprint density at radius 2 is 1.64 bits per heavy atom. The second kappa shape index (κ2) is 17.0. The largest absolute Gasteiger partial charge is 0.493 e. The van der Waals surface area contributed by atoms with Crippen LogP contribution in [0.5, 0.6) is 11.8 Å². The molecule has 0 radical (unpaired) electrons. The predicted molar refractivity (Wildman–Crippen MR) is 213 cm³/mol. The number of rotatable bonds is 11. The Bertz CT molecular complexity index is 1940. The molecule has 0 aliphatic carbocycles. The molecule has 4 heterocycles. The van der Waals surface area contributed by atoms with Crippen molar-refractivity contribution in [1.82, 2.24) is 19.8 Å². The molecule has 2 amide bonds. The van der Waals surface area contributed by atoms with E-state index in [1.54, 1.807) is 9.80 Å². The number of nitrogens with zero attached hydrogens (tertiary/aromatic N) is 6. The van der Waals surface area contributed by atoms with Crippen molar-refractivity contribution in [1.29, 1.82) is 0 Å². The summed E-state index contributed by atoms with van der Waals surface area (Å²) < 4.78 is 24.0. The van der Waals surface area contributed by atoms with Gasteiger partial charge >= 0.3 is 18.2 Å². The molecule has 1 atom stereocenters. The van der Waals surface area contributed by atoms with Crippen LogP contribution in [0.3, 0.4) is 0 Å². The molecule has 2 fully saturated rings. The highest BCUT2D eigenvalue weighted by Crippen LogP contribution is 2.37. The van der Waals surface area contributed by atoms with Crippen LogP contribution in [0.15, 0.2) is 66.7 Å². The maximum Gasteiger partial charge on any atom is 0.410 e. The van der Waals surface area contributed by atoms with E-state index in [1.165, 1.54) is 5.39 Å². The van der Waals surface area contributed by atoms with Crippen molar-refractivity contribution in [2.24, 2.45) is 0 Å². The molecule has 0 spiro atoms. The first-order valence-corrected chi connectivity index (χ1v) is 19.8. The number of aromatic nitrogens is 2. The number of piperazine rings is 1. The van der Waals surface area contributed by atoms with Crippen molar-refractivity contribution in [3.8, 4) is 11.8 Å². The highest BCUT2D eigenvalue weighted by atomic mass is 16.6. The monoisotopic (exact) mass is 750 g/mol. The van der Waals surface area contributed by atoms with Crippen molar-refractivity contribution >= 4 is 34.5 Å². The van der Waals surface area contributed by atoms with Gasteiger partial charge in [-0.1, -0.05) is 67.9 Å². The lowest BCUT2D eigenvalue weighted by molar-refractivity contribution is 0.0183. The highest BCUT2D eigenvalue weighted by Gasteiger charge is 2.34. The fraction of sp³-hybridized carbons (Fsp3) is 0.488. The maximum atomic E-state index is 13.0. The summed E-state index contributed by atoms with van der Waals surface area (Å²) in [5, 5.41) is 2.30. The quantitative estimate of drug-likeness (QED) is 0.142. The average Bonchev–Trinajstić information content (AvgIpc) is 3.67. The third-order valence-electron chi connectivity index (χ3n) is 10.4. The molecule has 0 N–H and O–H groups in total. The van der Waals surface area contributed by atoms with Crippen molar-refractivity contribution in [2.75, 3.05) is 62.3 Å². The molecule has 0 saturated carbocycles. The third-order valence-corrected chi connectivity index (χ3v) is 10.4. The van der Waals surface area contributed by atoms with E-state index < -0.39 is 5.60 Å². The van der Waals surface area contributed by atoms with E-state index in [1.807, 2.05) is 51.1 Å². The molecule has 292 valence electrons. The van der Waals surface area contributed by atoms with Crippen LogP contribution in [0.4, 0.5) is 21.1 Å². The first kappa shape index (κ1) is 38.0. The normalized spacial score (nSPS) is 17.3. The standard InChI is InChI=1S/C43H54N6O6/c1-5-6-25-52-34-26-32-15-10-11-17-35(32)38(27-34)48-20-18-36-37(28-48)44-40(53-30-33-16-12-19-49(33)42(51)55-43(2,3)4)45-39(36)46-21-23-47(24-22-46)41(50)54-29-31-13-8-7-9-14-31/h7-11,13-15,17,26-27,33H,5-6,12,16,18-25,28-30H2,1-4H3/t33-/m0/s1. The number of likely N-dealkylation sites (tertiary alicyclic amines) is 1. The number of benzene rings is 3. The van der Waals surface area contributed by atoms with Gasteiger partial charge in [-0.15, -0.1) is 0 Å². The molecule has 55 heavy (non-hydrogen) atoms. The van der Waals surface area contributed by atoms with Gasteiger partial charge in [-0.05, 0) is 63.5 Å². The number of unbranched alkanes of at least 4 members (excludes halogenated alkanes) is 1. The first-order chi connectivity index (χ1) is 26.6. The molecular weight excluding hydrogens is 697 g/mol. The van der Waals surface area contributed by atoms with Crippen molar-refractivity contribution in [2.45, 2.75) is 84.6 Å². The molecule has 3 aliphatic heterocycles. The van der Waals surface area contributed by atoms with Crippen LogP contribution in [-0.2, 0) is 29.0 Å². The van der Waals surface area contributed by atoms with Crippen molar-refractivity contribution in [3.63, 3.8) is 0 Å². The van der Waals surface area contributed by atoms with Gasteiger partial charge in [-0.25, -0.2) is 9.59 Å². The molecule has 4 aromatic rings. The highest BCUT2D eigenvalue weighted by molar-refractivity contribution is 5.96. The van der Waals surface area contributed by atoms with Gasteiger partial charge in [0.1, 0.15) is 30.4 Å². The third kappa shape index (κ3) is 9.35. The second-order valence-electron chi connectivity index (χ2n) is 15.6. The Morgan fingerprint density at radius 1 is 0.855 bits per heavy atom. The molecule has 12 heteroatoms. The van der Waals surface area contributed by atoms with Crippen molar-refractivity contribution in [3.05, 3.63) is 83.6 Å². The number of hydrogen-bond acceptors (Lipinski definition) is 10. The summed E-state index contributed by atoms with van der Waals surface area (Å²) in [5.74, 6) is 1.71.